The molecule has 1 aromatic rings. The van der Waals surface area contributed by atoms with E-state index in [-0.39, 0.29) is 0 Å². The van der Waals surface area contributed by atoms with Gasteiger partial charge in [0.15, 0.2) is 0 Å². The molecule has 3 nitrogen and oxygen atoms in total. The molecule has 0 saturated carbocycles. The van der Waals surface area contributed by atoms with E-state index in [1.54, 1.807) is 0 Å². The SMILES string of the molecule is CCOc1cc(OC2CCN(C)CC2)ccc1C. The number of benzene rings is 1. The van der Waals surface area contributed by atoms with Crippen molar-refractivity contribution < 1.29 is 9.47 Å². The largest absolute Gasteiger partial charge is 0.493 e. The van der Waals surface area contributed by atoms with Gasteiger partial charge in [-0.05, 0) is 45.4 Å². The summed E-state index contributed by atoms with van der Waals surface area (Å²) >= 11 is 0. The Morgan fingerprint density at radius 3 is 2.67 bits per heavy atom. The Hall–Kier alpha value is -1.22. The summed E-state index contributed by atoms with van der Waals surface area (Å²) in [4.78, 5) is 2.35. The maximum atomic E-state index is 6.04. The monoisotopic (exact) mass is 249 g/mol. The molecule has 0 unspecified atom stereocenters. The number of piperidine rings is 1. The fraction of sp³-hybridized carbons (Fsp3) is 0.600. The molecule has 0 spiro atoms. The van der Waals surface area contributed by atoms with Gasteiger partial charge in [-0.15, -0.1) is 0 Å². The first-order valence-electron chi connectivity index (χ1n) is 6.77. The van der Waals surface area contributed by atoms with Crippen LogP contribution in [0.15, 0.2) is 18.2 Å². The molecule has 1 heterocycles. The Morgan fingerprint density at radius 2 is 2.00 bits per heavy atom. The number of likely N-dealkylation sites (tertiary alicyclic amines) is 1. The highest BCUT2D eigenvalue weighted by molar-refractivity contribution is 5.40. The van der Waals surface area contributed by atoms with Crippen molar-refractivity contribution in [3.8, 4) is 11.5 Å². The van der Waals surface area contributed by atoms with Crippen LogP contribution in [0.5, 0.6) is 11.5 Å². The van der Waals surface area contributed by atoms with Gasteiger partial charge in [0, 0.05) is 19.2 Å². The molecule has 1 aliphatic rings. The van der Waals surface area contributed by atoms with E-state index >= 15 is 0 Å². The van der Waals surface area contributed by atoms with Crippen molar-refractivity contribution in [1.82, 2.24) is 4.90 Å². The van der Waals surface area contributed by atoms with Gasteiger partial charge in [-0.2, -0.15) is 0 Å². The van der Waals surface area contributed by atoms with Gasteiger partial charge in [0.05, 0.1) is 6.61 Å². The van der Waals surface area contributed by atoms with Gasteiger partial charge in [-0.3, -0.25) is 0 Å². The molecule has 0 bridgehead atoms. The molecule has 0 N–H and O–H groups in total. The molecule has 0 radical (unpaired) electrons. The zero-order valence-electron chi connectivity index (χ0n) is 11.6. The van der Waals surface area contributed by atoms with Crippen LogP contribution < -0.4 is 9.47 Å². The van der Waals surface area contributed by atoms with Gasteiger partial charge in [0.25, 0.3) is 0 Å². The van der Waals surface area contributed by atoms with Crippen molar-refractivity contribution in [2.45, 2.75) is 32.8 Å². The second-order valence-corrected chi connectivity index (χ2v) is 4.98. The highest BCUT2D eigenvalue weighted by Gasteiger charge is 2.18. The van der Waals surface area contributed by atoms with E-state index in [2.05, 4.69) is 24.9 Å². The minimum absolute atomic E-state index is 0.346. The second-order valence-electron chi connectivity index (χ2n) is 4.98. The van der Waals surface area contributed by atoms with Crippen molar-refractivity contribution in [3.05, 3.63) is 23.8 Å². The molecule has 1 aromatic carbocycles. The summed E-state index contributed by atoms with van der Waals surface area (Å²) in [7, 11) is 2.16. The van der Waals surface area contributed by atoms with Gasteiger partial charge in [0.1, 0.15) is 17.6 Å². The molecule has 0 atom stereocenters. The second kappa shape index (κ2) is 6.10. The maximum absolute atomic E-state index is 6.04. The average Bonchev–Trinajstić information content (AvgIpc) is 2.37. The smallest absolute Gasteiger partial charge is 0.125 e. The van der Waals surface area contributed by atoms with Crippen LogP contribution >= 0.6 is 0 Å². The Morgan fingerprint density at radius 1 is 1.28 bits per heavy atom. The van der Waals surface area contributed by atoms with Crippen LogP contribution in [0.3, 0.4) is 0 Å². The summed E-state index contributed by atoms with van der Waals surface area (Å²) < 4.78 is 11.6. The summed E-state index contributed by atoms with van der Waals surface area (Å²) in [5.41, 5.74) is 1.16. The van der Waals surface area contributed by atoms with Gasteiger partial charge in [-0.25, -0.2) is 0 Å². The zero-order valence-corrected chi connectivity index (χ0v) is 11.6. The van der Waals surface area contributed by atoms with Crippen LogP contribution in [-0.2, 0) is 0 Å². The molecule has 0 aromatic heterocycles. The summed E-state index contributed by atoms with van der Waals surface area (Å²) in [6.07, 6.45) is 2.56. The van der Waals surface area contributed by atoms with Crippen molar-refractivity contribution in [3.63, 3.8) is 0 Å². The lowest BCUT2D eigenvalue weighted by Gasteiger charge is -2.29. The standard InChI is InChI=1S/C15H23NO2/c1-4-17-15-11-14(6-5-12(15)2)18-13-7-9-16(3)10-8-13/h5-6,11,13H,4,7-10H2,1-3H3. The number of nitrogens with zero attached hydrogens (tertiary/aromatic N) is 1. The van der Waals surface area contributed by atoms with Crippen LogP contribution in [0.4, 0.5) is 0 Å². The molecular formula is C15H23NO2. The molecule has 1 saturated heterocycles. The highest BCUT2D eigenvalue weighted by atomic mass is 16.5. The minimum atomic E-state index is 0.346. The van der Waals surface area contributed by atoms with Crippen LogP contribution in [0.1, 0.15) is 25.3 Å². The van der Waals surface area contributed by atoms with Gasteiger partial charge in [0.2, 0.25) is 0 Å². The first kappa shape index (κ1) is 13.2. The highest BCUT2D eigenvalue weighted by Crippen LogP contribution is 2.26. The fourth-order valence-corrected chi connectivity index (χ4v) is 2.26. The van der Waals surface area contributed by atoms with E-state index in [0.29, 0.717) is 12.7 Å². The van der Waals surface area contributed by atoms with E-state index in [9.17, 15) is 0 Å². The number of hydrogen-bond acceptors (Lipinski definition) is 3. The topological polar surface area (TPSA) is 21.7 Å². The van der Waals surface area contributed by atoms with Crippen LogP contribution in [-0.4, -0.2) is 37.7 Å². The number of hydrogen-bond donors (Lipinski definition) is 0. The van der Waals surface area contributed by atoms with Crippen LogP contribution in [0.25, 0.3) is 0 Å². The lowest BCUT2D eigenvalue weighted by Crippen LogP contribution is -2.35. The predicted octanol–water partition coefficient (Wildman–Crippen LogP) is 2.87. The average molecular weight is 249 g/mol. The molecule has 0 aliphatic carbocycles. The number of aryl methyl sites for hydroxylation is 1. The first-order valence-corrected chi connectivity index (χ1v) is 6.77. The van der Waals surface area contributed by atoms with E-state index < -0.39 is 0 Å². The first-order chi connectivity index (χ1) is 8.69. The zero-order chi connectivity index (χ0) is 13.0. The van der Waals surface area contributed by atoms with Crippen molar-refractivity contribution >= 4 is 0 Å². The Kier molecular flexibility index (Phi) is 4.48. The molecule has 1 fully saturated rings. The summed E-state index contributed by atoms with van der Waals surface area (Å²) in [5.74, 6) is 1.86. The van der Waals surface area contributed by atoms with Crippen LogP contribution in [0.2, 0.25) is 0 Å². The third-order valence-electron chi connectivity index (χ3n) is 3.43. The number of rotatable bonds is 4. The van der Waals surface area contributed by atoms with E-state index in [1.165, 1.54) is 0 Å². The molecule has 2 rings (SSSR count). The quantitative estimate of drug-likeness (QED) is 0.819. The van der Waals surface area contributed by atoms with E-state index in [4.69, 9.17) is 9.47 Å². The Bertz CT molecular complexity index is 384. The maximum Gasteiger partial charge on any atom is 0.125 e. The van der Waals surface area contributed by atoms with Crippen molar-refractivity contribution in [1.29, 1.82) is 0 Å². The summed E-state index contributed by atoms with van der Waals surface area (Å²) in [5, 5.41) is 0. The van der Waals surface area contributed by atoms with E-state index in [1.807, 2.05) is 19.1 Å². The van der Waals surface area contributed by atoms with Gasteiger partial charge < -0.3 is 14.4 Å². The lowest BCUT2D eigenvalue weighted by atomic mass is 10.1. The normalized spacial score (nSPS) is 17.7. The Labute approximate surface area is 110 Å². The van der Waals surface area contributed by atoms with Gasteiger partial charge in [-0.1, -0.05) is 6.07 Å². The number of ether oxygens (including phenoxy) is 2. The molecule has 100 valence electrons. The third-order valence-corrected chi connectivity index (χ3v) is 3.43. The molecule has 18 heavy (non-hydrogen) atoms. The minimum Gasteiger partial charge on any atom is -0.493 e. The molecule has 3 heteroatoms. The van der Waals surface area contributed by atoms with Crippen molar-refractivity contribution in [2.24, 2.45) is 0 Å². The predicted molar refractivity (Wildman–Crippen MR) is 73.5 cm³/mol. The third kappa shape index (κ3) is 3.39. The van der Waals surface area contributed by atoms with E-state index in [0.717, 1.165) is 43.0 Å². The fourth-order valence-electron chi connectivity index (χ4n) is 2.26. The lowest BCUT2D eigenvalue weighted by molar-refractivity contribution is 0.114. The summed E-state index contributed by atoms with van der Waals surface area (Å²) in [6.45, 7) is 7.00. The van der Waals surface area contributed by atoms with Crippen LogP contribution in [0, 0.1) is 6.92 Å². The Balaban J connectivity index is 1.98. The van der Waals surface area contributed by atoms with Gasteiger partial charge >= 0.3 is 0 Å². The summed E-state index contributed by atoms with van der Waals surface area (Å²) in [6, 6.07) is 6.11. The molecule has 0 amide bonds. The molecule has 1 aliphatic heterocycles. The van der Waals surface area contributed by atoms with Crippen molar-refractivity contribution in [2.75, 3.05) is 26.7 Å². The molecular weight excluding hydrogens is 226 g/mol.